The van der Waals surface area contributed by atoms with Gasteiger partial charge in [-0.25, -0.2) is 0 Å². The maximum atomic E-state index is 12.3. The number of imide groups is 1. The number of carbonyl (C=O) groups is 2. The number of halogens is 2. The van der Waals surface area contributed by atoms with Crippen LogP contribution in [-0.2, 0) is 4.79 Å². The van der Waals surface area contributed by atoms with E-state index >= 15 is 0 Å². The van der Waals surface area contributed by atoms with Crippen molar-refractivity contribution in [3.05, 3.63) is 55.1 Å². The van der Waals surface area contributed by atoms with Crippen molar-refractivity contribution in [3.63, 3.8) is 0 Å². The summed E-state index contributed by atoms with van der Waals surface area (Å²) in [5, 5.41) is 10.9. The highest BCUT2D eigenvalue weighted by Crippen LogP contribution is 2.38. The Labute approximate surface area is 168 Å². The summed E-state index contributed by atoms with van der Waals surface area (Å²) in [6.45, 7) is 2.23. The fourth-order valence-corrected chi connectivity index (χ4v) is 3.88. The third-order valence-electron chi connectivity index (χ3n) is 3.72. The lowest BCUT2D eigenvalue weighted by molar-refractivity contribution is -0.384. The summed E-state index contributed by atoms with van der Waals surface area (Å²) in [5.74, 6) is 0.226. The first-order chi connectivity index (χ1) is 12.8. The zero-order valence-electron chi connectivity index (χ0n) is 13.9. The number of furan rings is 1. The maximum Gasteiger partial charge on any atom is 0.293 e. The van der Waals surface area contributed by atoms with Crippen molar-refractivity contribution in [2.75, 3.05) is 6.54 Å². The average Bonchev–Trinajstić information content (AvgIpc) is 3.15. The predicted molar refractivity (Wildman–Crippen MR) is 104 cm³/mol. The number of hydrogen-bond acceptors (Lipinski definition) is 6. The second kappa shape index (κ2) is 7.75. The van der Waals surface area contributed by atoms with E-state index in [1.165, 1.54) is 23.1 Å². The van der Waals surface area contributed by atoms with E-state index < -0.39 is 4.92 Å². The van der Waals surface area contributed by atoms with Crippen LogP contribution in [0.2, 0.25) is 10.0 Å². The Morgan fingerprint density at radius 2 is 2.00 bits per heavy atom. The fourth-order valence-electron chi connectivity index (χ4n) is 2.49. The van der Waals surface area contributed by atoms with Crippen molar-refractivity contribution < 1.29 is 18.9 Å². The van der Waals surface area contributed by atoms with Gasteiger partial charge in [-0.05, 0) is 36.4 Å². The molecule has 0 N–H and O–H groups in total. The standard InChI is InChI=1S/C17H12Cl2N2O5S/c1-2-5-20-16(22)15(27-17(20)23)6-9-3-4-14(26-9)10-7-13(21(24)25)12(19)8-11(10)18/h3-4,6-8H,2,5H2,1H3/b15-6+. The topological polar surface area (TPSA) is 93.7 Å². The van der Waals surface area contributed by atoms with Crippen molar-refractivity contribution in [1.82, 2.24) is 4.90 Å². The van der Waals surface area contributed by atoms with Gasteiger partial charge in [0.15, 0.2) is 0 Å². The van der Waals surface area contributed by atoms with E-state index in [0.29, 0.717) is 24.3 Å². The number of nitro benzene ring substituents is 1. The van der Waals surface area contributed by atoms with Crippen molar-refractivity contribution in [3.8, 4) is 11.3 Å². The molecule has 0 radical (unpaired) electrons. The molecule has 0 aliphatic carbocycles. The number of rotatable bonds is 5. The lowest BCUT2D eigenvalue weighted by Gasteiger charge is -2.09. The minimum atomic E-state index is -0.615. The number of hydrogen-bond donors (Lipinski definition) is 0. The van der Waals surface area contributed by atoms with Crippen LogP contribution in [0, 0.1) is 10.1 Å². The van der Waals surface area contributed by atoms with Crippen molar-refractivity contribution in [2.24, 2.45) is 0 Å². The Kier molecular flexibility index (Phi) is 5.59. The summed E-state index contributed by atoms with van der Waals surface area (Å²) < 4.78 is 5.64. The summed E-state index contributed by atoms with van der Waals surface area (Å²) in [6, 6.07) is 5.65. The van der Waals surface area contributed by atoms with Crippen molar-refractivity contribution in [1.29, 1.82) is 0 Å². The molecule has 0 saturated carbocycles. The summed E-state index contributed by atoms with van der Waals surface area (Å²) in [6.07, 6.45) is 2.13. The molecule has 0 unspecified atom stereocenters. The highest BCUT2D eigenvalue weighted by molar-refractivity contribution is 8.18. The molecule has 1 fully saturated rings. The SMILES string of the molecule is CCCN1C(=O)S/C(=C/c2ccc(-c3cc([N+](=O)[O-])c(Cl)cc3Cl)o2)C1=O. The molecule has 7 nitrogen and oxygen atoms in total. The zero-order chi connectivity index (χ0) is 19.7. The van der Waals surface area contributed by atoms with E-state index in [0.717, 1.165) is 11.8 Å². The molecule has 140 valence electrons. The maximum absolute atomic E-state index is 12.3. The number of nitro groups is 1. The average molecular weight is 427 g/mol. The number of nitrogens with zero attached hydrogens (tertiary/aromatic N) is 2. The van der Waals surface area contributed by atoms with Gasteiger partial charge in [-0.3, -0.25) is 24.6 Å². The van der Waals surface area contributed by atoms with Gasteiger partial charge in [-0.15, -0.1) is 0 Å². The molecule has 27 heavy (non-hydrogen) atoms. The van der Waals surface area contributed by atoms with E-state index in [1.54, 1.807) is 12.1 Å². The normalized spacial score (nSPS) is 15.8. The van der Waals surface area contributed by atoms with Crippen LogP contribution in [0.4, 0.5) is 10.5 Å². The molecular weight excluding hydrogens is 415 g/mol. The third kappa shape index (κ3) is 3.87. The molecule has 2 heterocycles. The van der Waals surface area contributed by atoms with Gasteiger partial charge < -0.3 is 4.42 Å². The second-order valence-corrected chi connectivity index (χ2v) is 7.38. The zero-order valence-corrected chi connectivity index (χ0v) is 16.2. The Bertz CT molecular complexity index is 986. The van der Waals surface area contributed by atoms with Crippen molar-refractivity contribution >= 4 is 57.9 Å². The number of thioether (sulfide) groups is 1. The number of amides is 2. The van der Waals surface area contributed by atoms with Gasteiger partial charge in [-0.2, -0.15) is 0 Å². The Morgan fingerprint density at radius 3 is 2.67 bits per heavy atom. The highest BCUT2D eigenvalue weighted by atomic mass is 35.5. The molecule has 0 spiro atoms. The first-order valence-electron chi connectivity index (χ1n) is 7.80. The molecule has 1 aromatic carbocycles. The van der Waals surface area contributed by atoms with Gasteiger partial charge in [0.05, 0.1) is 14.9 Å². The van der Waals surface area contributed by atoms with Crippen LogP contribution < -0.4 is 0 Å². The van der Waals surface area contributed by atoms with E-state index in [4.69, 9.17) is 27.6 Å². The molecule has 0 bridgehead atoms. The molecule has 2 aromatic rings. The van der Waals surface area contributed by atoms with Gasteiger partial charge in [-0.1, -0.05) is 30.1 Å². The van der Waals surface area contributed by atoms with Gasteiger partial charge in [0, 0.05) is 24.3 Å². The highest BCUT2D eigenvalue weighted by Gasteiger charge is 2.34. The van der Waals surface area contributed by atoms with Crippen LogP contribution in [-0.4, -0.2) is 27.5 Å². The summed E-state index contributed by atoms with van der Waals surface area (Å²) in [7, 11) is 0. The first-order valence-corrected chi connectivity index (χ1v) is 9.38. The van der Waals surface area contributed by atoms with E-state index in [2.05, 4.69) is 0 Å². The Morgan fingerprint density at radius 1 is 1.26 bits per heavy atom. The molecule has 1 saturated heterocycles. The van der Waals surface area contributed by atoms with Crippen LogP contribution in [0.15, 0.2) is 33.6 Å². The molecule has 3 rings (SSSR count). The fraction of sp³-hybridized carbons (Fsp3) is 0.176. The van der Waals surface area contributed by atoms with Crippen LogP contribution >= 0.6 is 35.0 Å². The molecular formula is C17H12Cl2N2O5S. The Balaban J connectivity index is 1.92. The third-order valence-corrected chi connectivity index (χ3v) is 5.24. The van der Waals surface area contributed by atoms with Gasteiger partial charge in [0.2, 0.25) is 0 Å². The summed E-state index contributed by atoms with van der Waals surface area (Å²) in [5.41, 5.74) is 0.00112. The molecule has 0 atom stereocenters. The summed E-state index contributed by atoms with van der Waals surface area (Å²) >= 11 is 12.8. The van der Waals surface area contributed by atoms with Gasteiger partial charge in [0.25, 0.3) is 16.8 Å². The van der Waals surface area contributed by atoms with Crippen LogP contribution in [0.5, 0.6) is 0 Å². The molecule has 2 amide bonds. The largest absolute Gasteiger partial charge is 0.457 e. The first kappa shape index (κ1) is 19.5. The van der Waals surface area contributed by atoms with E-state index in [9.17, 15) is 19.7 Å². The van der Waals surface area contributed by atoms with Crippen LogP contribution in [0.25, 0.3) is 17.4 Å². The number of benzene rings is 1. The van der Waals surface area contributed by atoms with Crippen molar-refractivity contribution in [2.45, 2.75) is 13.3 Å². The molecule has 10 heteroatoms. The van der Waals surface area contributed by atoms with E-state index in [1.807, 2.05) is 6.92 Å². The monoisotopic (exact) mass is 426 g/mol. The van der Waals surface area contributed by atoms with Crippen LogP contribution in [0.3, 0.4) is 0 Å². The molecule has 1 aromatic heterocycles. The lowest BCUT2D eigenvalue weighted by Crippen LogP contribution is -2.28. The quantitative estimate of drug-likeness (QED) is 0.350. The molecule has 1 aliphatic rings. The second-order valence-electron chi connectivity index (χ2n) is 5.58. The lowest BCUT2D eigenvalue weighted by atomic mass is 10.1. The van der Waals surface area contributed by atoms with Gasteiger partial charge >= 0.3 is 0 Å². The van der Waals surface area contributed by atoms with E-state index in [-0.39, 0.29) is 37.5 Å². The summed E-state index contributed by atoms with van der Waals surface area (Å²) in [4.78, 5) is 36.0. The minimum Gasteiger partial charge on any atom is -0.457 e. The minimum absolute atomic E-state index is 0.0786. The smallest absolute Gasteiger partial charge is 0.293 e. The Hall–Kier alpha value is -2.29. The number of carbonyl (C=O) groups excluding carboxylic acids is 2. The van der Waals surface area contributed by atoms with Gasteiger partial charge in [0.1, 0.15) is 16.5 Å². The molecule has 1 aliphatic heterocycles. The van der Waals surface area contributed by atoms with Crippen LogP contribution in [0.1, 0.15) is 19.1 Å². The predicted octanol–water partition coefficient (Wildman–Crippen LogP) is 5.61.